The summed E-state index contributed by atoms with van der Waals surface area (Å²) in [6.45, 7) is 3.29. The molecular formula is C14H19N3. The van der Waals surface area contributed by atoms with Gasteiger partial charge in [0.2, 0.25) is 0 Å². The summed E-state index contributed by atoms with van der Waals surface area (Å²) < 4.78 is 0. The number of likely N-dealkylation sites (N-methyl/N-ethyl adjacent to an activating group) is 1. The van der Waals surface area contributed by atoms with E-state index in [0.717, 1.165) is 31.6 Å². The van der Waals surface area contributed by atoms with Gasteiger partial charge in [-0.25, -0.2) is 0 Å². The second kappa shape index (κ2) is 5.81. The summed E-state index contributed by atoms with van der Waals surface area (Å²) in [5, 5.41) is 12.4. The number of nitriles is 1. The van der Waals surface area contributed by atoms with Gasteiger partial charge < -0.3 is 10.2 Å². The fourth-order valence-corrected chi connectivity index (χ4v) is 2.33. The van der Waals surface area contributed by atoms with Gasteiger partial charge >= 0.3 is 0 Å². The lowest BCUT2D eigenvalue weighted by atomic mass is 10.0. The van der Waals surface area contributed by atoms with Gasteiger partial charge in [-0.15, -0.1) is 0 Å². The molecule has 0 spiro atoms. The Labute approximate surface area is 103 Å². The van der Waals surface area contributed by atoms with E-state index in [0.29, 0.717) is 6.04 Å². The van der Waals surface area contributed by atoms with E-state index >= 15 is 0 Å². The molecular weight excluding hydrogens is 210 g/mol. The number of rotatable bonds is 2. The van der Waals surface area contributed by atoms with Gasteiger partial charge in [-0.3, -0.25) is 0 Å². The average molecular weight is 229 g/mol. The number of hydrogen-bond donors (Lipinski definition) is 1. The van der Waals surface area contributed by atoms with Gasteiger partial charge in [-0.05, 0) is 50.7 Å². The van der Waals surface area contributed by atoms with Gasteiger partial charge in [0.25, 0.3) is 0 Å². The van der Waals surface area contributed by atoms with Crippen molar-refractivity contribution >= 4 is 0 Å². The predicted octanol–water partition coefficient (Wildman–Crippen LogP) is 1.39. The molecule has 1 N–H and O–H groups in total. The molecule has 0 aliphatic carbocycles. The number of hydrogen-bond acceptors (Lipinski definition) is 3. The topological polar surface area (TPSA) is 39.1 Å². The zero-order chi connectivity index (χ0) is 12.1. The third-order valence-corrected chi connectivity index (χ3v) is 3.40. The summed E-state index contributed by atoms with van der Waals surface area (Å²) in [6, 6.07) is 10.7. The van der Waals surface area contributed by atoms with Gasteiger partial charge in [0.1, 0.15) is 0 Å². The molecule has 1 aromatic carbocycles. The van der Waals surface area contributed by atoms with Crippen molar-refractivity contribution in [3.8, 4) is 6.07 Å². The SMILES string of the molecule is CN1CCCNCC1Cc1cccc(C#N)c1. The van der Waals surface area contributed by atoms with E-state index in [2.05, 4.69) is 29.4 Å². The molecule has 1 unspecified atom stereocenters. The summed E-state index contributed by atoms with van der Waals surface area (Å²) in [4.78, 5) is 2.42. The number of nitrogens with one attached hydrogen (secondary N) is 1. The molecule has 3 heteroatoms. The fraction of sp³-hybridized carbons (Fsp3) is 0.500. The molecule has 1 aliphatic heterocycles. The van der Waals surface area contributed by atoms with Crippen molar-refractivity contribution in [1.29, 1.82) is 5.26 Å². The van der Waals surface area contributed by atoms with E-state index in [-0.39, 0.29) is 0 Å². The lowest BCUT2D eigenvalue weighted by Crippen LogP contribution is -2.38. The second-order valence-corrected chi connectivity index (χ2v) is 4.71. The smallest absolute Gasteiger partial charge is 0.0991 e. The quantitative estimate of drug-likeness (QED) is 0.833. The molecule has 1 heterocycles. The molecule has 1 saturated heterocycles. The summed E-state index contributed by atoms with van der Waals surface area (Å²) >= 11 is 0. The molecule has 1 fully saturated rings. The Morgan fingerprint density at radius 3 is 3.24 bits per heavy atom. The van der Waals surface area contributed by atoms with Gasteiger partial charge in [0.15, 0.2) is 0 Å². The van der Waals surface area contributed by atoms with Crippen LogP contribution in [0.4, 0.5) is 0 Å². The van der Waals surface area contributed by atoms with E-state index < -0.39 is 0 Å². The minimum atomic E-state index is 0.534. The largest absolute Gasteiger partial charge is 0.315 e. The lowest BCUT2D eigenvalue weighted by Gasteiger charge is -2.25. The van der Waals surface area contributed by atoms with Crippen molar-refractivity contribution in [3.63, 3.8) is 0 Å². The van der Waals surface area contributed by atoms with Crippen LogP contribution >= 0.6 is 0 Å². The Bertz CT molecular complexity index is 408. The van der Waals surface area contributed by atoms with E-state index in [1.807, 2.05) is 18.2 Å². The standard InChI is InChI=1S/C14H19N3/c1-17-7-3-6-16-11-14(17)9-12-4-2-5-13(8-12)10-15/h2,4-5,8,14,16H,3,6-7,9,11H2,1H3. The molecule has 0 saturated carbocycles. The Balaban J connectivity index is 2.05. The molecule has 3 nitrogen and oxygen atoms in total. The zero-order valence-corrected chi connectivity index (χ0v) is 10.3. The van der Waals surface area contributed by atoms with Crippen LogP contribution in [0.5, 0.6) is 0 Å². The maximum atomic E-state index is 8.89. The molecule has 1 aliphatic rings. The Hall–Kier alpha value is -1.37. The van der Waals surface area contributed by atoms with Crippen LogP contribution in [0.2, 0.25) is 0 Å². The van der Waals surface area contributed by atoms with Crippen LogP contribution in [0.15, 0.2) is 24.3 Å². The Morgan fingerprint density at radius 1 is 1.53 bits per heavy atom. The molecule has 1 aromatic rings. The van der Waals surface area contributed by atoms with Gasteiger partial charge in [0, 0.05) is 12.6 Å². The summed E-state index contributed by atoms with van der Waals surface area (Å²) in [5.41, 5.74) is 2.01. The van der Waals surface area contributed by atoms with Gasteiger partial charge in [0.05, 0.1) is 11.6 Å². The van der Waals surface area contributed by atoms with Crippen molar-refractivity contribution in [3.05, 3.63) is 35.4 Å². The van der Waals surface area contributed by atoms with Crippen molar-refractivity contribution in [2.75, 3.05) is 26.7 Å². The van der Waals surface area contributed by atoms with E-state index in [1.54, 1.807) is 0 Å². The third-order valence-electron chi connectivity index (χ3n) is 3.40. The monoisotopic (exact) mass is 229 g/mol. The van der Waals surface area contributed by atoms with Crippen LogP contribution in [-0.4, -0.2) is 37.6 Å². The molecule has 0 bridgehead atoms. The third kappa shape index (κ3) is 3.29. The predicted molar refractivity (Wildman–Crippen MR) is 68.8 cm³/mol. The van der Waals surface area contributed by atoms with Crippen LogP contribution in [0.3, 0.4) is 0 Å². The first-order valence-electron chi connectivity index (χ1n) is 6.19. The van der Waals surface area contributed by atoms with E-state index in [9.17, 15) is 0 Å². The van der Waals surface area contributed by atoms with Crippen molar-refractivity contribution in [2.24, 2.45) is 0 Å². The van der Waals surface area contributed by atoms with E-state index in [1.165, 1.54) is 12.0 Å². The number of nitrogens with zero attached hydrogens (tertiary/aromatic N) is 2. The van der Waals surface area contributed by atoms with Crippen LogP contribution < -0.4 is 5.32 Å². The van der Waals surface area contributed by atoms with Crippen molar-refractivity contribution < 1.29 is 0 Å². The van der Waals surface area contributed by atoms with E-state index in [4.69, 9.17) is 5.26 Å². The molecule has 0 aromatic heterocycles. The highest BCUT2D eigenvalue weighted by Gasteiger charge is 2.17. The molecule has 2 rings (SSSR count). The maximum absolute atomic E-state index is 8.89. The first kappa shape index (κ1) is 12.1. The highest BCUT2D eigenvalue weighted by Crippen LogP contribution is 2.11. The molecule has 1 atom stereocenters. The first-order chi connectivity index (χ1) is 8.29. The van der Waals surface area contributed by atoms with Gasteiger partial charge in [-0.2, -0.15) is 5.26 Å². The highest BCUT2D eigenvalue weighted by molar-refractivity contribution is 5.33. The van der Waals surface area contributed by atoms with Crippen LogP contribution in [0, 0.1) is 11.3 Å². The van der Waals surface area contributed by atoms with Crippen LogP contribution in [0.25, 0.3) is 0 Å². The fourth-order valence-electron chi connectivity index (χ4n) is 2.33. The average Bonchev–Trinajstić information content (AvgIpc) is 2.55. The summed E-state index contributed by atoms with van der Waals surface area (Å²) in [7, 11) is 2.19. The Kier molecular flexibility index (Phi) is 4.13. The summed E-state index contributed by atoms with van der Waals surface area (Å²) in [5.74, 6) is 0. The number of benzene rings is 1. The molecule has 90 valence electrons. The normalized spacial score (nSPS) is 21.8. The molecule has 0 amide bonds. The molecule has 17 heavy (non-hydrogen) atoms. The second-order valence-electron chi connectivity index (χ2n) is 4.71. The zero-order valence-electron chi connectivity index (χ0n) is 10.3. The maximum Gasteiger partial charge on any atom is 0.0991 e. The lowest BCUT2D eigenvalue weighted by molar-refractivity contribution is 0.256. The molecule has 0 radical (unpaired) electrons. The highest BCUT2D eigenvalue weighted by atomic mass is 15.2. The first-order valence-corrected chi connectivity index (χ1v) is 6.19. The van der Waals surface area contributed by atoms with Crippen molar-refractivity contribution in [1.82, 2.24) is 10.2 Å². The van der Waals surface area contributed by atoms with Crippen molar-refractivity contribution in [2.45, 2.75) is 18.9 Å². The Morgan fingerprint density at radius 2 is 2.41 bits per heavy atom. The minimum Gasteiger partial charge on any atom is -0.315 e. The summed E-state index contributed by atoms with van der Waals surface area (Å²) in [6.07, 6.45) is 2.23. The van der Waals surface area contributed by atoms with Crippen LogP contribution in [0.1, 0.15) is 17.5 Å². The minimum absolute atomic E-state index is 0.534. The van der Waals surface area contributed by atoms with Gasteiger partial charge in [-0.1, -0.05) is 12.1 Å². The van der Waals surface area contributed by atoms with Crippen LogP contribution in [-0.2, 0) is 6.42 Å².